The summed E-state index contributed by atoms with van der Waals surface area (Å²) in [7, 11) is 0. The molecule has 5 heteroatoms. The largest absolute Gasteiger partial charge is 0.488 e. The second-order valence-corrected chi connectivity index (χ2v) is 4.59. The molecule has 2 aromatic carbocycles. The molecular formula is C18H16F2O3. The first-order valence-electron chi connectivity index (χ1n) is 7.21. The molecular weight excluding hydrogens is 302 g/mol. The average Bonchev–Trinajstić information content (AvgIpc) is 2.56. The predicted molar refractivity (Wildman–Crippen MR) is 83.3 cm³/mol. The van der Waals surface area contributed by atoms with Crippen LogP contribution in [-0.2, 0) is 4.79 Å². The molecule has 0 fully saturated rings. The van der Waals surface area contributed by atoms with Gasteiger partial charge in [0.1, 0.15) is 24.0 Å². The molecule has 2 aromatic rings. The average molecular weight is 318 g/mol. The van der Waals surface area contributed by atoms with Crippen molar-refractivity contribution in [1.82, 2.24) is 0 Å². The Morgan fingerprint density at radius 2 is 1.65 bits per heavy atom. The van der Waals surface area contributed by atoms with Crippen LogP contribution in [0.4, 0.5) is 8.78 Å². The lowest BCUT2D eigenvalue weighted by molar-refractivity contribution is -0.133. The van der Waals surface area contributed by atoms with Gasteiger partial charge < -0.3 is 9.84 Å². The Hall–Kier alpha value is -2.69. The molecule has 1 N–H and O–H groups in total. The smallest absolute Gasteiger partial charge is 0.335 e. The highest BCUT2D eigenvalue weighted by Gasteiger charge is 2.26. The van der Waals surface area contributed by atoms with E-state index < -0.39 is 17.6 Å². The van der Waals surface area contributed by atoms with Crippen molar-refractivity contribution in [3.05, 3.63) is 70.8 Å². The number of halogens is 2. The molecule has 0 aromatic heterocycles. The first-order chi connectivity index (χ1) is 11.1. The molecule has 1 aliphatic rings. The number of aliphatic carboxylic acids is 1. The normalized spacial score (nSPS) is 12.7. The van der Waals surface area contributed by atoms with Gasteiger partial charge in [0.25, 0.3) is 0 Å². The van der Waals surface area contributed by atoms with Crippen LogP contribution in [0.1, 0.15) is 25.0 Å². The van der Waals surface area contributed by atoms with Gasteiger partial charge in [-0.2, -0.15) is 0 Å². The molecule has 3 nitrogen and oxygen atoms in total. The molecule has 1 aliphatic heterocycles. The van der Waals surface area contributed by atoms with Crippen LogP contribution in [0.2, 0.25) is 0 Å². The first-order valence-corrected chi connectivity index (χ1v) is 7.21. The molecule has 0 spiro atoms. The number of benzene rings is 2. The number of fused-ring (bicyclic) bond motifs is 1. The van der Waals surface area contributed by atoms with E-state index in [9.17, 15) is 18.7 Å². The van der Waals surface area contributed by atoms with Crippen LogP contribution in [0.3, 0.4) is 0 Å². The van der Waals surface area contributed by atoms with Gasteiger partial charge in [-0.3, -0.25) is 0 Å². The van der Waals surface area contributed by atoms with Crippen molar-refractivity contribution in [2.75, 3.05) is 6.61 Å². The summed E-state index contributed by atoms with van der Waals surface area (Å²) < 4.78 is 31.9. The van der Waals surface area contributed by atoms with E-state index in [0.717, 1.165) is 0 Å². The summed E-state index contributed by atoms with van der Waals surface area (Å²) in [5, 5.41) is 9.31. The molecule has 0 unspecified atom stereocenters. The molecule has 23 heavy (non-hydrogen) atoms. The number of carbonyl (C=O) groups is 1. The molecule has 0 saturated carbocycles. The Bertz CT molecular complexity index is 749. The molecule has 0 atom stereocenters. The van der Waals surface area contributed by atoms with Crippen LogP contribution >= 0.6 is 0 Å². The second-order valence-electron chi connectivity index (χ2n) is 4.59. The van der Waals surface area contributed by atoms with Gasteiger partial charge in [-0.25, -0.2) is 13.6 Å². The highest BCUT2D eigenvalue weighted by molar-refractivity contribution is 6.02. The van der Waals surface area contributed by atoms with E-state index >= 15 is 0 Å². The van der Waals surface area contributed by atoms with Gasteiger partial charge in [-0.15, -0.1) is 0 Å². The van der Waals surface area contributed by atoms with E-state index in [-0.39, 0.29) is 12.2 Å². The first kappa shape index (κ1) is 16.7. The van der Waals surface area contributed by atoms with Crippen LogP contribution in [-0.4, -0.2) is 17.7 Å². The fraction of sp³-hybridized carbons (Fsp3) is 0.167. The Balaban J connectivity index is 0.000000924. The predicted octanol–water partition coefficient (Wildman–Crippen LogP) is 4.27. The minimum absolute atomic E-state index is 0.0136. The van der Waals surface area contributed by atoms with E-state index in [1.807, 2.05) is 13.8 Å². The van der Waals surface area contributed by atoms with Crippen molar-refractivity contribution in [1.29, 1.82) is 0 Å². The summed E-state index contributed by atoms with van der Waals surface area (Å²) in [4.78, 5) is 11.4. The summed E-state index contributed by atoms with van der Waals surface area (Å²) in [5.41, 5.74) is 1.22. The summed E-state index contributed by atoms with van der Waals surface area (Å²) in [6.07, 6.45) is 0. The highest BCUT2D eigenvalue weighted by Crippen LogP contribution is 2.37. The van der Waals surface area contributed by atoms with Crippen molar-refractivity contribution in [3.8, 4) is 5.75 Å². The molecule has 1 heterocycles. The number of ether oxygens (including phenoxy) is 1. The molecule has 120 valence electrons. The highest BCUT2D eigenvalue weighted by atomic mass is 19.1. The van der Waals surface area contributed by atoms with Crippen LogP contribution < -0.4 is 4.74 Å². The topological polar surface area (TPSA) is 46.5 Å². The van der Waals surface area contributed by atoms with Gasteiger partial charge >= 0.3 is 5.97 Å². The maximum absolute atomic E-state index is 13.5. The standard InChI is InChI=1S/C16H10F2O3.C2H6/c17-10-3-1-9(2-4-10)15-12-7-11(18)5-6-14(12)21-8-13(15)16(19)20;1-2/h1-7H,8H2,(H,19,20);1-2H3. The van der Waals surface area contributed by atoms with E-state index in [1.54, 1.807) is 0 Å². The summed E-state index contributed by atoms with van der Waals surface area (Å²) in [5.74, 6) is -1.67. The maximum atomic E-state index is 13.5. The number of carboxylic acid groups (broad SMARTS) is 1. The lowest BCUT2D eigenvalue weighted by Gasteiger charge is -2.22. The second kappa shape index (κ2) is 7.05. The summed E-state index contributed by atoms with van der Waals surface area (Å²) in [6, 6.07) is 9.31. The Kier molecular flexibility index (Phi) is 5.11. The molecule has 0 radical (unpaired) electrons. The zero-order chi connectivity index (χ0) is 17.0. The third-order valence-electron chi connectivity index (χ3n) is 3.28. The van der Waals surface area contributed by atoms with Crippen molar-refractivity contribution in [2.24, 2.45) is 0 Å². The van der Waals surface area contributed by atoms with E-state index in [0.29, 0.717) is 22.4 Å². The van der Waals surface area contributed by atoms with Gasteiger partial charge in [-0.05, 0) is 35.9 Å². The van der Waals surface area contributed by atoms with E-state index in [1.165, 1.54) is 42.5 Å². The fourth-order valence-electron chi connectivity index (χ4n) is 2.32. The van der Waals surface area contributed by atoms with Crippen molar-refractivity contribution in [3.63, 3.8) is 0 Å². The fourth-order valence-corrected chi connectivity index (χ4v) is 2.32. The number of hydrogen-bond acceptors (Lipinski definition) is 2. The van der Waals surface area contributed by atoms with Crippen molar-refractivity contribution >= 4 is 11.5 Å². The van der Waals surface area contributed by atoms with Gasteiger partial charge in [-0.1, -0.05) is 26.0 Å². The SMILES string of the molecule is CC.O=C(O)C1=C(c2ccc(F)cc2)c2cc(F)ccc2OC1. The Morgan fingerprint density at radius 1 is 1.04 bits per heavy atom. The Labute approximate surface area is 132 Å². The third-order valence-corrected chi connectivity index (χ3v) is 3.28. The maximum Gasteiger partial charge on any atom is 0.335 e. The molecule has 0 amide bonds. The van der Waals surface area contributed by atoms with Crippen LogP contribution in [0.15, 0.2) is 48.0 Å². The van der Waals surface area contributed by atoms with Crippen molar-refractivity contribution < 1.29 is 23.4 Å². The van der Waals surface area contributed by atoms with E-state index in [4.69, 9.17) is 4.74 Å². The molecule has 0 aliphatic carbocycles. The van der Waals surface area contributed by atoms with E-state index in [2.05, 4.69) is 0 Å². The third kappa shape index (κ3) is 3.39. The minimum atomic E-state index is -1.15. The van der Waals surface area contributed by atoms with Gasteiger partial charge in [0.05, 0.1) is 5.57 Å². The molecule has 3 rings (SSSR count). The van der Waals surface area contributed by atoms with Crippen LogP contribution in [0.5, 0.6) is 5.75 Å². The van der Waals surface area contributed by atoms with Crippen LogP contribution in [0.25, 0.3) is 5.57 Å². The Morgan fingerprint density at radius 3 is 2.26 bits per heavy atom. The zero-order valence-corrected chi connectivity index (χ0v) is 12.8. The summed E-state index contributed by atoms with van der Waals surface area (Å²) in [6.45, 7) is 3.88. The number of carboxylic acids is 1. The lowest BCUT2D eigenvalue weighted by atomic mass is 9.91. The van der Waals surface area contributed by atoms with Crippen molar-refractivity contribution in [2.45, 2.75) is 13.8 Å². The summed E-state index contributed by atoms with van der Waals surface area (Å²) >= 11 is 0. The van der Waals surface area contributed by atoms with Gasteiger partial charge in [0, 0.05) is 11.1 Å². The zero-order valence-electron chi connectivity index (χ0n) is 12.8. The number of rotatable bonds is 2. The van der Waals surface area contributed by atoms with Gasteiger partial charge in [0.2, 0.25) is 0 Å². The monoisotopic (exact) mass is 318 g/mol. The molecule has 0 bridgehead atoms. The van der Waals surface area contributed by atoms with Gasteiger partial charge in [0.15, 0.2) is 0 Å². The minimum Gasteiger partial charge on any atom is -0.488 e. The number of hydrogen-bond donors (Lipinski definition) is 1. The molecule has 0 saturated heterocycles. The quantitative estimate of drug-likeness (QED) is 0.899. The lowest BCUT2D eigenvalue weighted by Crippen LogP contribution is -2.18. The van der Waals surface area contributed by atoms with Crippen LogP contribution in [0, 0.1) is 11.6 Å².